The van der Waals surface area contributed by atoms with Gasteiger partial charge in [-0.25, -0.2) is 0 Å². The number of para-hydroxylation sites is 1. The van der Waals surface area contributed by atoms with Crippen LogP contribution >= 0.6 is 0 Å². The SMILES string of the molecule is CC=C1C2CCN3CCC4(c5ccccc5N(C)C4C2)C13. The van der Waals surface area contributed by atoms with Crippen LogP contribution < -0.4 is 4.90 Å². The van der Waals surface area contributed by atoms with Crippen LogP contribution in [0.4, 0.5) is 5.69 Å². The highest BCUT2D eigenvalue weighted by Gasteiger charge is 2.64. The summed E-state index contributed by atoms with van der Waals surface area (Å²) in [7, 11) is 2.33. The molecule has 1 spiro atoms. The standard InChI is InChI=1S/C19H24N2/c1-3-14-13-8-10-21-11-9-19(18(14)21)15-6-4-5-7-16(15)20(2)17(19)12-13/h3-7,13,17-18H,8-12H2,1-2H3. The highest BCUT2D eigenvalue weighted by Crippen LogP contribution is 2.61. The molecular formula is C19H24N2. The second-order valence-corrected chi connectivity index (χ2v) is 7.38. The summed E-state index contributed by atoms with van der Waals surface area (Å²) in [5.41, 5.74) is 5.24. The highest BCUT2D eigenvalue weighted by molar-refractivity contribution is 5.67. The van der Waals surface area contributed by atoms with Gasteiger partial charge in [-0.05, 0) is 56.8 Å². The molecule has 1 aromatic rings. The van der Waals surface area contributed by atoms with Crippen LogP contribution in [-0.2, 0) is 5.41 Å². The van der Waals surface area contributed by atoms with Gasteiger partial charge in [0, 0.05) is 30.2 Å². The third-order valence-corrected chi connectivity index (χ3v) is 6.91. The first-order chi connectivity index (χ1) is 10.3. The Balaban J connectivity index is 1.78. The molecule has 110 valence electrons. The van der Waals surface area contributed by atoms with Gasteiger partial charge in [0.1, 0.15) is 0 Å². The second-order valence-electron chi connectivity index (χ2n) is 7.38. The molecule has 2 bridgehead atoms. The Bertz CT molecular complexity index is 634. The van der Waals surface area contributed by atoms with Crippen molar-refractivity contribution in [1.82, 2.24) is 4.90 Å². The largest absolute Gasteiger partial charge is 0.370 e. The molecule has 4 atom stereocenters. The maximum atomic E-state index is 2.79. The van der Waals surface area contributed by atoms with Gasteiger partial charge in [-0.1, -0.05) is 29.8 Å². The molecule has 3 fully saturated rings. The first-order valence-corrected chi connectivity index (χ1v) is 8.50. The average molecular weight is 280 g/mol. The average Bonchev–Trinajstić information content (AvgIpc) is 3.04. The zero-order valence-electron chi connectivity index (χ0n) is 13.0. The van der Waals surface area contributed by atoms with Crippen molar-refractivity contribution < 1.29 is 0 Å². The minimum Gasteiger partial charge on any atom is -0.370 e. The van der Waals surface area contributed by atoms with Gasteiger partial charge in [-0.3, -0.25) is 4.90 Å². The predicted molar refractivity (Wildman–Crippen MR) is 86.8 cm³/mol. The van der Waals surface area contributed by atoms with E-state index in [4.69, 9.17) is 0 Å². The Morgan fingerprint density at radius 2 is 2.10 bits per heavy atom. The van der Waals surface area contributed by atoms with Gasteiger partial charge in [-0.15, -0.1) is 0 Å². The van der Waals surface area contributed by atoms with Crippen molar-refractivity contribution in [2.75, 3.05) is 25.0 Å². The number of piperidine rings is 1. The molecule has 1 aromatic carbocycles. The Morgan fingerprint density at radius 1 is 1.24 bits per heavy atom. The molecule has 1 saturated carbocycles. The maximum absolute atomic E-state index is 2.79. The molecule has 2 nitrogen and oxygen atoms in total. The summed E-state index contributed by atoms with van der Waals surface area (Å²) in [6.45, 7) is 4.86. The van der Waals surface area contributed by atoms with Crippen LogP contribution in [0.5, 0.6) is 0 Å². The summed E-state index contributed by atoms with van der Waals surface area (Å²) in [6, 6.07) is 10.6. The molecule has 0 aromatic heterocycles. The lowest BCUT2D eigenvalue weighted by Crippen LogP contribution is -2.60. The Morgan fingerprint density at radius 3 is 2.95 bits per heavy atom. The van der Waals surface area contributed by atoms with Crippen LogP contribution in [0.15, 0.2) is 35.9 Å². The van der Waals surface area contributed by atoms with Crippen LogP contribution in [0.3, 0.4) is 0 Å². The highest BCUT2D eigenvalue weighted by atomic mass is 15.3. The number of benzene rings is 1. The van der Waals surface area contributed by atoms with Gasteiger partial charge in [-0.2, -0.15) is 0 Å². The predicted octanol–water partition coefficient (Wildman–Crippen LogP) is 3.19. The smallest absolute Gasteiger partial charge is 0.0428 e. The number of rotatable bonds is 0. The van der Waals surface area contributed by atoms with Crippen LogP contribution in [0.1, 0.15) is 31.7 Å². The van der Waals surface area contributed by atoms with Crippen molar-refractivity contribution in [3.05, 3.63) is 41.5 Å². The van der Waals surface area contributed by atoms with E-state index in [9.17, 15) is 0 Å². The number of nitrogens with zero attached hydrogens (tertiary/aromatic N) is 2. The summed E-state index contributed by atoms with van der Waals surface area (Å²) >= 11 is 0. The van der Waals surface area contributed by atoms with E-state index in [1.165, 1.54) is 38.0 Å². The third kappa shape index (κ3) is 1.25. The zero-order chi connectivity index (χ0) is 14.2. The number of anilines is 1. The fourth-order valence-electron chi connectivity index (χ4n) is 6.16. The lowest BCUT2D eigenvalue weighted by Gasteiger charge is -2.53. The monoisotopic (exact) mass is 280 g/mol. The summed E-state index contributed by atoms with van der Waals surface area (Å²) in [5, 5.41) is 0. The van der Waals surface area contributed by atoms with Crippen molar-refractivity contribution in [3.63, 3.8) is 0 Å². The number of hydrogen-bond acceptors (Lipinski definition) is 2. The molecular weight excluding hydrogens is 256 g/mol. The Labute approximate surface area is 127 Å². The van der Waals surface area contributed by atoms with E-state index in [1.54, 1.807) is 11.1 Å². The zero-order valence-corrected chi connectivity index (χ0v) is 13.0. The fraction of sp³-hybridized carbons (Fsp3) is 0.579. The van der Waals surface area contributed by atoms with E-state index in [-0.39, 0.29) is 0 Å². The maximum Gasteiger partial charge on any atom is 0.0428 e. The minimum absolute atomic E-state index is 0.365. The summed E-state index contributed by atoms with van der Waals surface area (Å²) < 4.78 is 0. The van der Waals surface area contributed by atoms with Gasteiger partial charge < -0.3 is 4.90 Å². The normalized spacial score (nSPS) is 42.3. The molecule has 4 aliphatic rings. The van der Waals surface area contributed by atoms with E-state index in [0.29, 0.717) is 17.5 Å². The fourth-order valence-corrected chi connectivity index (χ4v) is 6.16. The molecule has 3 aliphatic heterocycles. The number of likely N-dealkylation sites (N-methyl/N-ethyl adjacent to an activating group) is 1. The molecule has 21 heavy (non-hydrogen) atoms. The van der Waals surface area contributed by atoms with Crippen molar-refractivity contribution >= 4 is 5.69 Å². The summed E-state index contributed by atoms with van der Waals surface area (Å²) in [4.78, 5) is 5.39. The van der Waals surface area contributed by atoms with Crippen LogP contribution in [-0.4, -0.2) is 37.1 Å². The Kier molecular flexibility index (Phi) is 2.29. The van der Waals surface area contributed by atoms with E-state index in [2.05, 4.69) is 54.1 Å². The molecule has 0 radical (unpaired) electrons. The molecule has 4 unspecified atom stereocenters. The quantitative estimate of drug-likeness (QED) is 0.673. The van der Waals surface area contributed by atoms with Gasteiger partial charge in [0.05, 0.1) is 0 Å². The third-order valence-electron chi connectivity index (χ3n) is 6.91. The molecule has 5 rings (SSSR count). The van der Waals surface area contributed by atoms with Gasteiger partial charge in [0.25, 0.3) is 0 Å². The van der Waals surface area contributed by atoms with Gasteiger partial charge in [0.15, 0.2) is 0 Å². The van der Waals surface area contributed by atoms with Crippen LogP contribution in [0.2, 0.25) is 0 Å². The first-order valence-electron chi connectivity index (χ1n) is 8.50. The van der Waals surface area contributed by atoms with Gasteiger partial charge in [0.2, 0.25) is 0 Å². The van der Waals surface area contributed by atoms with E-state index in [1.807, 2.05) is 0 Å². The number of hydrogen-bond donors (Lipinski definition) is 0. The first kappa shape index (κ1) is 12.3. The molecule has 2 saturated heterocycles. The van der Waals surface area contributed by atoms with Crippen molar-refractivity contribution in [2.24, 2.45) is 5.92 Å². The lowest BCUT2D eigenvalue weighted by molar-refractivity contribution is 0.118. The lowest BCUT2D eigenvalue weighted by atomic mass is 9.58. The van der Waals surface area contributed by atoms with Crippen molar-refractivity contribution in [2.45, 2.75) is 43.7 Å². The summed E-state index contributed by atoms with van der Waals surface area (Å²) in [5.74, 6) is 0.823. The minimum atomic E-state index is 0.365. The van der Waals surface area contributed by atoms with Crippen molar-refractivity contribution in [3.8, 4) is 0 Å². The van der Waals surface area contributed by atoms with E-state index >= 15 is 0 Å². The summed E-state index contributed by atoms with van der Waals surface area (Å²) in [6.07, 6.45) is 6.52. The van der Waals surface area contributed by atoms with Crippen molar-refractivity contribution in [1.29, 1.82) is 0 Å². The second kappa shape index (κ2) is 3.92. The molecule has 0 N–H and O–H groups in total. The molecule has 0 amide bonds. The molecule has 2 heteroatoms. The van der Waals surface area contributed by atoms with E-state index < -0.39 is 0 Å². The van der Waals surface area contributed by atoms with Gasteiger partial charge >= 0.3 is 0 Å². The topological polar surface area (TPSA) is 6.48 Å². The number of fused-ring (bicyclic) bond motifs is 2. The van der Waals surface area contributed by atoms with E-state index in [0.717, 1.165) is 5.92 Å². The molecule has 1 aliphatic carbocycles. The Hall–Kier alpha value is -1.28. The van der Waals surface area contributed by atoms with Crippen LogP contribution in [0, 0.1) is 5.92 Å². The molecule has 3 heterocycles. The number of allylic oxidation sites excluding steroid dienone is 1. The van der Waals surface area contributed by atoms with Crippen LogP contribution in [0.25, 0.3) is 0 Å².